The second kappa shape index (κ2) is 8.70. The molecule has 0 aromatic heterocycles. The Morgan fingerprint density at radius 3 is 2.83 bits per heavy atom. The zero-order chi connectivity index (χ0) is 16.2. The fourth-order valence-corrected chi connectivity index (χ4v) is 3.29. The summed E-state index contributed by atoms with van der Waals surface area (Å²) in [5, 5.41) is 8.64. The maximum atomic E-state index is 12.1. The van der Waals surface area contributed by atoms with Crippen LogP contribution in [-0.2, 0) is 4.79 Å². The average Bonchev–Trinajstić information content (AvgIpc) is 2.55. The Labute approximate surface area is 156 Å². The van der Waals surface area contributed by atoms with E-state index >= 15 is 0 Å². The molecule has 0 spiro atoms. The number of fused-ring (bicyclic) bond motifs is 1. The van der Waals surface area contributed by atoms with E-state index in [1.165, 1.54) is 0 Å². The Balaban J connectivity index is 0.00000208. The van der Waals surface area contributed by atoms with E-state index in [1.54, 1.807) is 0 Å². The third-order valence-electron chi connectivity index (χ3n) is 4.28. The molecule has 2 aromatic carbocycles. The lowest BCUT2D eigenvalue weighted by Crippen LogP contribution is -2.49. The minimum atomic E-state index is -0.0559. The largest absolute Gasteiger partial charge is 0.484 e. The third kappa shape index (κ3) is 4.85. The normalized spacial score (nSPS) is 20.2. The van der Waals surface area contributed by atoms with E-state index in [0.29, 0.717) is 11.7 Å². The van der Waals surface area contributed by atoms with Gasteiger partial charge in [-0.2, -0.15) is 0 Å². The van der Waals surface area contributed by atoms with Gasteiger partial charge >= 0.3 is 0 Å². The smallest absolute Gasteiger partial charge is 0.258 e. The van der Waals surface area contributed by atoms with Crippen LogP contribution < -0.4 is 15.4 Å². The van der Waals surface area contributed by atoms with Crippen LogP contribution in [0.1, 0.15) is 13.3 Å². The molecule has 1 aliphatic rings. The van der Waals surface area contributed by atoms with Gasteiger partial charge in [0.2, 0.25) is 0 Å². The highest BCUT2D eigenvalue weighted by Gasteiger charge is 2.22. The highest BCUT2D eigenvalue weighted by atomic mass is 79.9. The topological polar surface area (TPSA) is 50.4 Å². The first-order valence-electron chi connectivity index (χ1n) is 7.94. The summed E-state index contributed by atoms with van der Waals surface area (Å²) in [4.78, 5) is 12.1. The number of benzene rings is 2. The van der Waals surface area contributed by atoms with Crippen LogP contribution in [0, 0.1) is 5.92 Å². The number of hydrogen-bond acceptors (Lipinski definition) is 3. The van der Waals surface area contributed by atoms with Gasteiger partial charge in [-0.15, -0.1) is 12.4 Å². The molecular formula is C18H22BrClN2O2. The maximum absolute atomic E-state index is 12.1. The van der Waals surface area contributed by atoms with Gasteiger partial charge in [0.15, 0.2) is 6.61 Å². The van der Waals surface area contributed by atoms with Crippen molar-refractivity contribution in [3.05, 3.63) is 40.9 Å². The summed E-state index contributed by atoms with van der Waals surface area (Å²) >= 11 is 3.46. The first-order chi connectivity index (χ1) is 11.1. The van der Waals surface area contributed by atoms with Crippen molar-refractivity contribution in [3.63, 3.8) is 0 Å². The van der Waals surface area contributed by atoms with E-state index in [9.17, 15) is 4.79 Å². The third-order valence-corrected chi connectivity index (χ3v) is 4.77. The summed E-state index contributed by atoms with van der Waals surface area (Å²) in [6.07, 6.45) is 0.970. The summed E-state index contributed by atoms with van der Waals surface area (Å²) in [7, 11) is 0. The Hall–Kier alpha value is -1.30. The highest BCUT2D eigenvalue weighted by Crippen LogP contribution is 2.24. The van der Waals surface area contributed by atoms with Crippen LogP contribution in [0.3, 0.4) is 0 Å². The molecule has 0 saturated carbocycles. The van der Waals surface area contributed by atoms with Gasteiger partial charge in [0.05, 0.1) is 0 Å². The van der Waals surface area contributed by atoms with Crippen molar-refractivity contribution in [2.24, 2.45) is 5.92 Å². The molecule has 130 valence electrons. The van der Waals surface area contributed by atoms with Crippen LogP contribution in [0.2, 0.25) is 0 Å². The number of piperidine rings is 1. The number of nitrogens with one attached hydrogen (secondary N) is 2. The molecule has 2 aromatic rings. The Morgan fingerprint density at radius 1 is 1.29 bits per heavy atom. The van der Waals surface area contributed by atoms with E-state index in [-0.39, 0.29) is 31.0 Å². The Bertz CT molecular complexity index is 710. The summed E-state index contributed by atoms with van der Waals surface area (Å²) in [5.74, 6) is 1.11. The summed E-state index contributed by atoms with van der Waals surface area (Å²) in [5.41, 5.74) is 0. The van der Waals surface area contributed by atoms with Gasteiger partial charge in [-0.25, -0.2) is 0 Å². The predicted molar refractivity (Wildman–Crippen MR) is 103 cm³/mol. The van der Waals surface area contributed by atoms with E-state index in [4.69, 9.17) is 4.74 Å². The average molecular weight is 414 g/mol. The number of rotatable bonds is 4. The molecule has 2 unspecified atom stereocenters. The molecule has 2 N–H and O–H groups in total. The highest BCUT2D eigenvalue weighted by molar-refractivity contribution is 9.10. The van der Waals surface area contributed by atoms with Crippen LogP contribution in [0.4, 0.5) is 0 Å². The zero-order valence-corrected chi connectivity index (χ0v) is 16.0. The number of carbonyl (C=O) groups excluding carboxylic acids is 1. The molecule has 0 bridgehead atoms. The summed E-state index contributed by atoms with van der Waals surface area (Å²) < 4.78 is 6.69. The lowest BCUT2D eigenvalue weighted by Gasteiger charge is -2.30. The first-order valence-corrected chi connectivity index (χ1v) is 8.73. The molecule has 1 fully saturated rings. The number of ether oxygens (including phenoxy) is 1. The van der Waals surface area contributed by atoms with Gasteiger partial charge in [0, 0.05) is 10.5 Å². The van der Waals surface area contributed by atoms with Gasteiger partial charge in [-0.1, -0.05) is 35.0 Å². The molecule has 6 heteroatoms. The lowest BCUT2D eigenvalue weighted by atomic mass is 9.95. The SMILES string of the molecule is CC1CNCCC1NC(=O)COc1ccc2cc(Br)ccc2c1.Cl. The molecule has 24 heavy (non-hydrogen) atoms. The number of halogens is 2. The molecule has 1 heterocycles. The van der Waals surface area contributed by atoms with Crippen molar-refractivity contribution < 1.29 is 9.53 Å². The van der Waals surface area contributed by atoms with Gasteiger partial charge in [-0.05, 0) is 60.5 Å². The van der Waals surface area contributed by atoms with Crippen LogP contribution >= 0.6 is 28.3 Å². The molecule has 0 aliphatic carbocycles. The van der Waals surface area contributed by atoms with Gasteiger partial charge in [-0.3, -0.25) is 4.79 Å². The first kappa shape index (κ1) is 19.0. The summed E-state index contributed by atoms with van der Waals surface area (Å²) in [6, 6.07) is 12.2. The predicted octanol–water partition coefficient (Wildman–Crippen LogP) is 3.52. The summed E-state index contributed by atoms with van der Waals surface area (Å²) in [6.45, 7) is 4.11. The maximum Gasteiger partial charge on any atom is 0.258 e. The van der Waals surface area contributed by atoms with E-state index < -0.39 is 0 Å². The number of hydrogen-bond donors (Lipinski definition) is 2. The molecular weight excluding hydrogens is 392 g/mol. The van der Waals surface area contributed by atoms with Crippen molar-refractivity contribution in [1.29, 1.82) is 0 Å². The number of carbonyl (C=O) groups is 1. The molecule has 4 nitrogen and oxygen atoms in total. The molecule has 3 rings (SSSR count). The van der Waals surface area contributed by atoms with Crippen LogP contribution in [0.25, 0.3) is 10.8 Å². The van der Waals surface area contributed by atoms with Crippen LogP contribution in [0.15, 0.2) is 40.9 Å². The van der Waals surface area contributed by atoms with E-state index in [0.717, 1.165) is 34.8 Å². The molecule has 1 amide bonds. The minimum Gasteiger partial charge on any atom is -0.484 e. The fraction of sp³-hybridized carbons (Fsp3) is 0.389. The van der Waals surface area contributed by atoms with Gasteiger partial charge in [0.1, 0.15) is 5.75 Å². The zero-order valence-electron chi connectivity index (χ0n) is 13.5. The van der Waals surface area contributed by atoms with Crippen LogP contribution in [-0.4, -0.2) is 31.6 Å². The van der Waals surface area contributed by atoms with Crippen molar-refractivity contribution in [2.75, 3.05) is 19.7 Å². The van der Waals surface area contributed by atoms with Crippen molar-refractivity contribution in [3.8, 4) is 5.75 Å². The van der Waals surface area contributed by atoms with E-state index in [1.807, 2.05) is 30.3 Å². The number of amides is 1. The standard InChI is InChI=1S/C18H21BrN2O2.ClH/c1-12-10-20-7-6-17(12)21-18(22)11-23-16-5-3-13-8-15(19)4-2-14(13)9-16;/h2-5,8-9,12,17,20H,6-7,10-11H2,1H3,(H,21,22);1H. The second-order valence-electron chi connectivity index (χ2n) is 6.09. The molecule has 0 radical (unpaired) electrons. The lowest BCUT2D eigenvalue weighted by molar-refractivity contribution is -0.124. The van der Waals surface area contributed by atoms with Crippen molar-refractivity contribution >= 4 is 45.0 Å². The van der Waals surface area contributed by atoms with Gasteiger partial charge < -0.3 is 15.4 Å². The van der Waals surface area contributed by atoms with Crippen molar-refractivity contribution in [2.45, 2.75) is 19.4 Å². The Kier molecular flexibility index (Phi) is 6.90. The van der Waals surface area contributed by atoms with Gasteiger partial charge in [0.25, 0.3) is 5.91 Å². The quantitative estimate of drug-likeness (QED) is 0.806. The second-order valence-corrected chi connectivity index (χ2v) is 7.00. The van der Waals surface area contributed by atoms with E-state index in [2.05, 4.69) is 39.6 Å². The Morgan fingerprint density at radius 2 is 2.04 bits per heavy atom. The molecule has 2 atom stereocenters. The van der Waals surface area contributed by atoms with Crippen LogP contribution in [0.5, 0.6) is 5.75 Å². The molecule has 1 aliphatic heterocycles. The minimum absolute atomic E-state index is 0. The molecule has 1 saturated heterocycles. The van der Waals surface area contributed by atoms with Crippen molar-refractivity contribution in [1.82, 2.24) is 10.6 Å². The fourth-order valence-electron chi connectivity index (χ4n) is 2.91. The monoisotopic (exact) mass is 412 g/mol.